The zero-order valence-electron chi connectivity index (χ0n) is 10.6. The molecule has 0 saturated heterocycles. The van der Waals surface area contributed by atoms with Gasteiger partial charge in [0.05, 0.1) is 17.1 Å². The van der Waals surface area contributed by atoms with Crippen LogP contribution in [-0.4, -0.2) is 19.2 Å². The Morgan fingerprint density at radius 2 is 2.05 bits per heavy atom. The number of hydrogen-bond donors (Lipinski definition) is 2. The summed E-state index contributed by atoms with van der Waals surface area (Å²) in [6.45, 7) is 0. The molecule has 0 fully saturated rings. The Balaban J connectivity index is 2.02. The van der Waals surface area contributed by atoms with Gasteiger partial charge in [-0.05, 0) is 30.3 Å². The van der Waals surface area contributed by atoms with Crippen LogP contribution >= 0.6 is 0 Å². The molecule has 0 radical (unpaired) electrons. The van der Waals surface area contributed by atoms with Crippen molar-refractivity contribution in [2.75, 3.05) is 16.2 Å². The van der Waals surface area contributed by atoms with Gasteiger partial charge in [0.1, 0.15) is 5.82 Å². The quantitative estimate of drug-likeness (QED) is 0.823. The topological polar surface area (TPSA) is 85.1 Å². The van der Waals surface area contributed by atoms with Crippen LogP contribution in [0, 0.1) is 5.82 Å². The van der Waals surface area contributed by atoms with Crippen molar-refractivity contribution >= 4 is 21.4 Å². The van der Waals surface area contributed by atoms with Gasteiger partial charge in [0, 0.05) is 18.3 Å². The number of halogens is 1. The molecular formula is C13H14FN3O2S. The van der Waals surface area contributed by atoms with Gasteiger partial charge >= 0.3 is 0 Å². The molecule has 0 spiro atoms. The SMILES string of the molecule is Nc1cc(NS(=O)(=O)CCc2ccccn2)ccc1F. The highest BCUT2D eigenvalue weighted by atomic mass is 32.2. The molecule has 0 amide bonds. The van der Waals surface area contributed by atoms with E-state index in [1.165, 1.54) is 12.1 Å². The van der Waals surface area contributed by atoms with Crippen molar-refractivity contribution in [3.8, 4) is 0 Å². The number of anilines is 2. The lowest BCUT2D eigenvalue weighted by molar-refractivity contribution is 0.600. The predicted octanol–water partition coefficient (Wildman–Crippen LogP) is 1.79. The molecule has 1 aromatic heterocycles. The first kappa shape index (κ1) is 14.3. The molecule has 0 aliphatic carbocycles. The molecular weight excluding hydrogens is 281 g/mol. The third-order valence-electron chi connectivity index (χ3n) is 2.62. The van der Waals surface area contributed by atoms with Gasteiger partial charge in [-0.1, -0.05) is 6.07 Å². The second-order valence-corrected chi connectivity index (χ2v) is 6.07. The maximum atomic E-state index is 13.0. The van der Waals surface area contributed by atoms with Crippen molar-refractivity contribution in [2.45, 2.75) is 6.42 Å². The highest BCUT2D eigenvalue weighted by molar-refractivity contribution is 7.92. The summed E-state index contributed by atoms with van der Waals surface area (Å²) in [4.78, 5) is 4.05. The Morgan fingerprint density at radius 3 is 2.70 bits per heavy atom. The second-order valence-electron chi connectivity index (χ2n) is 4.23. The number of rotatable bonds is 5. The minimum atomic E-state index is -3.53. The molecule has 0 saturated carbocycles. The molecule has 20 heavy (non-hydrogen) atoms. The molecule has 2 rings (SSSR count). The van der Waals surface area contributed by atoms with E-state index in [2.05, 4.69) is 9.71 Å². The van der Waals surface area contributed by atoms with Gasteiger partial charge in [0.2, 0.25) is 10.0 Å². The van der Waals surface area contributed by atoms with Gasteiger partial charge in [-0.3, -0.25) is 9.71 Å². The first-order valence-electron chi connectivity index (χ1n) is 5.92. The molecule has 5 nitrogen and oxygen atoms in total. The van der Waals surface area contributed by atoms with Crippen LogP contribution in [0.15, 0.2) is 42.6 Å². The minimum Gasteiger partial charge on any atom is -0.396 e. The van der Waals surface area contributed by atoms with Crippen molar-refractivity contribution in [3.63, 3.8) is 0 Å². The summed E-state index contributed by atoms with van der Waals surface area (Å²) in [5.41, 5.74) is 6.21. The van der Waals surface area contributed by atoms with E-state index in [1.54, 1.807) is 24.4 Å². The summed E-state index contributed by atoms with van der Waals surface area (Å²) in [5.74, 6) is -0.692. The van der Waals surface area contributed by atoms with Crippen LogP contribution in [0.1, 0.15) is 5.69 Å². The Hall–Kier alpha value is -2.15. The lowest BCUT2D eigenvalue weighted by atomic mass is 10.3. The van der Waals surface area contributed by atoms with Gasteiger partial charge in [0.15, 0.2) is 0 Å². The van der Waals surface area contributed by atoms with Crippen LogP contribution in [0.3, 0.4) is 0 Å². The molecule has 0 bridgehead atoms. The number of nitrogen functional groups attached to an aromatic ring is 1. The number of benzene rings is 1. The van der Waals surface area contributed by atoms with Crippen molar-refractivity contribution in [1.29, 1.82) is 0 Å². The third-order valence-corrected chi connectivity index (χ3v) is 3.91. The Morgan fingerprint density at radius 1 is 1.25 bits per heavy atom. The fourth-order valence-electron chi connectivity index (χ4n) is 1.62. The van der Waals surface area contributed by atoms with E-state index in [4.69, 9.17) is 5.73 Å². The Bertz CT molecular complexity index is 690. The van der Waals surface area contributed by atoms with E-state index in [0.29, 0.717) is 12.1 Å². The summed E-state index contributed by atoms with van der Waals surface area (Å²) in [7, 11) is -3.53. The van der Waals surface area contributed by atoms with E-state index in [1.807, 2.05) is 0 Å². The van der Waals surface area contributed by atoms with Crippen molar-refractivity contribution in [1.82, 2.24) is 4.98 Å². The van der Waals surface area contributed by atoms with Crippen LogP contribution in [0.5, 0.6) is 0 Å². The summed E-state index contributed by atoms with van der Waals surface area (Å²) in [6.07, 6.45) is 1.91. The average Bonchev–Trinajstić information content (AvgIpc) is 2.42. The van der Waals surface area contributed by atoms with E-state index in [9.17, 15) is 12.8 Å². The van der Waals surface area contributed by atoms with Crippen molar-refractivity contribution in [3.05, 3.63) is 54.1 Å². The smallest absolute Gasteiger partial charge is 0.233 e. The first-order valence-corrected chi connectivity index (χ1v) is 7.57. The zero-order valence-corrected chi connectivity index (χ0v) is 11.4. The van der Waals surface area contributed by atoms with Gasteiger partial charge in [-0.15, -0.1) is 0 Å². The van der Waals surface area contributed by atoms with Crippen LogP contribution < -0.4 is 10.5 Å². The summed E-state index contributed by atoms with van der Waals surface area (Å²) in [6, 6.07) is 9.00. The number of aromatic nitrogens is 1. The maximum absolute atomic E-state index is 13.0. The standard InChI is InChI=1S/C13H14FN3O2S/c14-12-5-4-11(9-13(12)15)17-20(18,19)8-6-10-3-1-2-7-16-10/h1-5,7,9,17H,6,8,15H2. The summed E-state index contributed by atoms with van der Waals surface area (Å²) in [5, 5.41) is 0. The minimum absolute atomic E-state index is 0.102. The predicted molar refractivity (Wildman–Crippen MR) is 76.2 cm³/mol. The molecule has 106 valence electrons. The number of pyridine rings is 1. The zero-order chi connectivity index (χ0) is 14.6. The molecule has 0 unspecified atom stereocenters. The van der Waals surface area contributed by atoms with Crippen LogP contribution in [0.25, 0.3) is 0 Å². The van der Waals surface area contributed by atoms with Gasteiger partial charge in [0.25, 0.3) is 0 Å². The van der Waals surface area contributed by atoms with Crippen LogP contribution in [-0.2, 0) is 16.4 Å². The molecule has 0 atom stereocenters. The Kier molecular flexibility index (Phi) is 4.19. The highest BCUT2D eigenvalue weighted by Crippen LogP contribution is 2.17. The molecule has 1 heterocycles. The summed E-state index contributed by atoms with van der Waals surface area (Å²) >= 11 is 0. The number of nitrogens with zero attached hydrogens (tertiary/aromatic N) is 1. The average molecular weight is 295 g/mol. The van der Waals surface area contributed by atoms with Gasteiger partial charge in [-0.2, -0.15) is 0 Å². The van der Waals surface area contributed by atoms with Crippen LogP contribution in [0.4, 0.5) is 15.8 Å². The van der Waals surface area contributed by atoms with E-state index in [0.717, 1.165) is 6.07 Å². The molecule has 0 aliphatic rings. The molecule has 0 aliphatic heterocycles. The number of aryl methyl sites for hydroxylation is 1. The van der Waals surface area contributed by atoms with Gasteiger partial charge in [-0.25, -0.2) is 12.8 Å². The lowest BCUT2D eigenvalue weighted by Gasteiger charge is -2.08. The molecule has 1 aromatic carbocycles. The highest BCUT2D eigenvalue weighted by Gasteiger charge is 2.12. The van der Waals surface area contributed by atoms with Crippen molar-refractivity contribution in [2.24, 2.45) is 0 Å². The van der Waals surface area contributed by atoms with Crippen LogP contribution in [0.2, 0.25) is 0 Å². The number of sulfonamides is 1. The fraction of sp³-hybridized carbons (Fsp3) is 0.154. The fourth-order valence-corrected chi connectivity index (χ4v) is 2.69. The van der Waals surface area contributed by atoms with Gasteiger partial charge < -0.3 is 5.73 Å². The Labute approximate surface area is 116 Å². The number of nitrogens with one attached hydrogen (secondary N) is 1. The van der Waals surface area contributed by atoms with Crippen molar-refractivity contribution < 1.29 is 12.8 Å². The summed E-state index contributed by atoms with van der Waals surface area (Å²) < 4.78 is 39.1. The molecule has 3 N–H and O–H groups in total. The normalized spacial score (nSPS) is 11.2. The van der Waals surface area contributed by atoms with E-state index < -0.39 is 15.8 Å². The van der Waals surface area contributed by atoms with E-state index in [-0.39, 0.29) is 17.1 Å². The molecule has 7 heteroatoms. The van der Waals surface area contributed by atoms with E-state index >= 15 is 0 Å². The number of hydrogen-bond acceptors (Lipinski definition) is 4. The molecule has 2 aromatic rings. The largest absolute Gasteiger partial charge is 0.396 e. The lowest BCUT2D eigenvalue weighted by Crippen LogP contribution is -2.18. The monoisotopic (exact) mass is 295 g/mol. The third kappa shape index (κ3) is 3.92. The number of nitrogens with two attached hydrogens (primary N) is 1. The second kappa shape index (κ2) is 5.87. The maximum Gasteiger partial charge on any atom is 0.233 e. The first-order chi connectivity index (χ1) is 9.46.